The molecule has 0 bridgehead atoms. The number of tetrazole rings is 1. The number of hydrogen-bond donors (Lipinski definition) is 0. The van der Waals surface area contributed by atoms with Crippen LogP contribution in [0.2, 0.25) is 0 Å². The Morgan fingerprint density at radius 3 is 2.79 bits per heavy atom. The van der Waals surface area contributed by atoms with Crippen LogP contribution in [-0.2, 0) is 20.9 Å². The van der Waals surface area contributed by atoms with Crippen LogP contribution in [0.25, 0.3) is 0 Å². The molecule has 2 rings (SSSR count). The van der Waals surface area contributed by atoms with Gasteiger partial charge in [0.25, 0.3) is 0 Å². The molecule has 8 nitrogen and oxygen atoms in total. The number of amides is 1. The number of esters is 1. The largest absolute Gasteiger partial charge is 0.468 e. The Bertz CT molecular complexity index is 458. The van der Waals surface area contributed by atoms with E-state index in [1.54, 1.807) is 0 Å². The molecule has 0 unspecified atom stereocenters. The van der Waals surface area contributed by atoms with Crippen molar-refractivity contribution in [2.75, 3.05) is 26.0 Å². The molecule has 1 amide bonds. The average molecular weight is 285 g/mol. The van der Waals surface area contributed by atoms with Gasteiger partial charge in [0.1, 0.15) is 6.54 Å². The zero-order chi connectivity index (χ0) is 13.7. The maximum Gasteiger partial charge on any atom is 0.327 e. The van der Waals surface area contributed by atoms with Gasteiger partial charge in [0.2, 0.25) is 11.1 Å². The van der Waals surface area contributed by atoms with Crippen LogP contribution in [0.4, 0.5) is 0 Å². The molecule has 19 heavy (non-hydrogen) atoms. The van der Waals surface area contributed by atoms with E-state index in [4.69, 9.17) is 0 Å². The van der Waals surface area contributed by atoms with Crippen LogP contribution in [0, 0.1) is 0 Å². The zero-order valence-electron chi connectivity index (χ0n) is 10.6. The molecule has 2 heterocycles. The molecular formula is C10H15N5O3S. The molecule has 1 fully saturated rings. The first kappa shape index (κ1) is 13.8. The summed E-state index contributed by atoms with van der Waals surface area (Å²) < 4.78 is 5.87. The van der Waals surface area contributed by atoms with Crippen LogP contribution in [0.1, 0.15) is 12.8 Å². The molecule has 9 heteroatoms. The Kier molecular flexibility index (Phi) is 4.72. The Balaban J connectivity index is 1.87. The lowest BCUT2D eigenvalue weighted by Crippen LogP contribution is -2.29. The highest BCUT2D eigenvalue weighted by molar-refractivity contribution is 7.99. The van der Waals surface area contributed by atoms with E-state index in [0.29, 0.717) is 5.16 Å². The highest BCUT2D eigenvalue weighted by Crippen LogP contribution is 2.16. The van der Waals surface area contributed by atoms with Gasteiger partial charge in [0, 0.05) is 13.1 Å². The predicted molar refractivity (Wildman–Crippen MR) is 66.4 cm³/mol. The number of ether oxygens (including phenoxy) is 1. The van der Waals surface area contributed by atoms with Gasteiger partial charge in [-0.3, -0.25) is 9.59 Å². The molecule has 104 valence electrons. The molecular weight excluding hydrogens is 270 g/mol. The molecule has 0 aromatic carbocycles. The maximum absolute atomic E-state index is 11.9. The van der Waals surface area contributed by atoms with Crippen molar-refractivity contribution < 1.29 is 14.3 Å². The highest BCUT2D eigenvalue weighted by atomic mass is 32.2. The minimum absolute atomic E-state index is 0.0518. The van der Waals surface area contributed by atoms with Crippen LogP contribution in [0.3, 0.4) is 0 Å². The molecule has 1 aromatic heterocycles. The van der Waals surface area contributed by atoms with Crippen molar-refractivity contribution in [1.82, 2.24) is 25.1 Å². The molecule has 0 saturated carbocycles. The van der Waals surface area contributed by atoms with E-state index in [0.717, 1.165) is 25.9 Å². The lowest BCUT2D eigenvalue weighted by atomic mass is 10.4. The predicted octanol–water partition coefficient (Wildman–Crippen LogP) is -0.439. The summed E-state index contributed by atoms with van der Waals surface area (Å²) in [7, 11) is 1.30. The van der Waals surface area contributed by atoms with Crippen LogP contribution >= 0.6 is 11.8 Å². The number of thioether (sulfide) groups is 1. The summed E-state index contributed by atoms with van der Waals surface area (Å²) in [6, 6.07) is 0. The van der Waals surface area contributed by atoms with Crippen LogP contribution < -0.4 is 0 Å². The van der Waals surface area contributed by atoms with Crippen molar-refractivity contribution in [2.45, 2.75) is 24.5 Å². The number of likely N-dealkylation sites (tertiary alicyclic amines) is 1. The van der Waals surface area contributed by atoms with Gasteiger partial charge in [0.05, 0.1) is 12.9 Å². The molecule has 0 radical (unpaired) electrons. The van der Waals surface area contributed by atoms with Crippen molar-refractivity contribution in [3.8, 4) is 0 Å². The fourth-order valence-corrected chi connectivity index (χ4v) is 2.55. The third-order valence-corrected chi connectivity index (χ3v) is 3.73. The quantitative estimate of drug-likeness (QED) is 0.535. The Morgan fingerprint density at radius 1 is 1.37 bits per heavy atom. The number of carbonyl (C=O) groups excluding carboxylic acids is 2. The second-order valence-electron chi connectivity index (χ2n) is 4.07. The van der Waals surface area contributed by atoms with Crippen LogP contribution in [0.5, 0.6) is 0 Å². The van der Waals surface area contributed by atoms with Gasteiger partial charge in [-0.2, -0.15) is 0 Å². The summed E-state index contributed by atoms with van der Waals surface area (Å²) in [4.78, 5) is 24.9. The third kappa shape index (κ3) is 3.66. The molecule has 1 aliphatic heterocycles. The lowest BCUT2D eigenvalue weighted by Gasteiger charge is -2.14. The van der Waals surface area contributed by atoms with Gasteiger partial charge >= 0.3 is 5.97 Å². The van der Waals surface area contributed by atoms with Crippen molar-refractivity contribution in [1.29, 1.82) is 0 Å². The van der Waals surface area contributed by atoms with Gasteiger partial charge in [-0.15, -0.1) is 5.10 Å². The van der Waals surface area contributed by atoms with E-state index >= 15 is 0 Å². The van der Waals surface area contributed by atoms with Crippen molar-refractivity contribution in [3.63, 3.8) is 0 Å². The van der Waals surface area contributed by atoms with Gasteiger partial charge in [0.15, 0.2) is 0 Å². The number of aromatic nitrogens is 4. The molecule has 0 N–H and O–H groups in total. The number of rotatable bonds is 5. The number of methoxy groups -OCH3 is 1. The summed E-state index contributed by atoms with van der Waals surface area (Å²) >= 11 is 1.23. The van der Waals surface area contributed by atoms with E-state index in [2.05, 4.69) is 20.3 Å². The second kappa shape index (κ2) is 6.50. The standard InChI is InChI=1S/C10H15N5O3S/c1-18-9(17)6-15-10(11-12-13-15)19-7-8(16)14-4-2-3-5-14/h2-7H2,1H3. The summed E-state index contributed by atoms with van der Waals surface area (Å²) in [5.41, 5.74) is 0. The van der Waals surface area contributed by atoms with E-state index in [1.807, 2.05) is 4.90 Å². The normalized spacial score (nSPS) is 14.7. The first-order valence-electron chi connectivity index (χ1n) is 5.94. The zero-order valence-corrected chi connectivity index (χ0v) is 11.4. The Labute approximate surface area is 114 Å². The summed E-state index contributed by atoms with van der Waals surface area (Å²) in [6.45, 7) is 1.60. The van der Waals surface area contributed by atoms with Crippen molar-refractivity contribution in [2.24, 2.45) is 0 Å². The van der Waals surface area contributed by atoms with Gasteiger partial charge in [-0.25, -0.2) is 4.68 Å². The summed E-state index contributed by atoms with van der Waals surface area (Å²) in [6.07, 6.45) is 2.13. The van der Waals surface area contributed by atoms with Gasteiger partial charge in [-0.05, 0) is 23.3 Å². The molecule has 0 atom stereocenters. The summed E-state index contributed by atoms with van der Waals surface area (Å²) in [5, 5.41) is 11.4. The highest BCUT2D eigenvalue weighted by Gasteiger charge is 2.19. The van der Waals surface area contributed by atoms with E-state index < -0.39 is 5.97 Å². The SMILES string of the molecule is COC(=O)Cn1nnnc1SCC(=O)N1CCCC1. The van der Waals surface area contributed by atoms with E-state index in [1.165, 1.54) is 23.6 Å². The monoisotopic (exact) mass is 285 g/mol. The van der Waals surface area contributed by atoms with E-state index in [-0.39, 0.29) is 18.2 Å². The molecule has 0 aliphatic carbocycles. The Hall–Kier alpha value is -1.64. The first-order valence-corrected chi connectivity index (χ1v) is 6.93. The Morgan fingerprint density at radius 2 is 2.11 bits per heavy atom. The smallest absolute Gasteiger partial charge is 0.327 e. The lowest BCUT2D eigenvalue weighted by molar-refractivity contribution is -0.141. The van der Waals surface area contributed by atoms with Crippen molar-refractivity contribution >= 4 is 23.6 Å². The number of nitrogens with zero attached hydrogens (tertiary/aromatic N) is 5. The van der Waals surface area contributed by atoms with Gasteiger partial charge < -0.3 is 9.64 Å². The maximum atomic E-state index is 11.9. The van der Waals surface area contributed by atoms with Crippen LogP contribution in [-0.4, -0.2) is 62.9 Å². The first-order chi connectivity index (χ1) is 9.20. The van der Waals surface area contributed by atoms with Crippen LogP contribution in [0.15, 0.2) is 5.16 Å². The molecule has 0 spiro atoms. The van der Waals surface area contributed by atoms with Crippen molar-refractivity contribution in [3.05, 3.63) is 0 Å². The third-order valence-electron chi connectivity index (χ3n) is 2.79. The second-order valence-corrected chi connectivity index (χ2v) is 5.01. The number of hydrogen-bond acceptors (Lipinski definition) is 7. The minimum atomic E-state index is -0.431. The van der Waals surface area contributed by atoms with Gasteiger partial charge in [-0.1, -0.05) is 11.8 Å². The molecule has 1 saturated heterocycles. The molecule has 1 aliphatic rings. The molecule has 1 aromatic rings. The van der Waals surface area contributed by atoms with E-state index in [9.17, 15) is 9.59 Å². The topological polar surface area (TPSA) is 90.2 Å². The fraction of sp³-hybridized carbons (Fsp3) is 0.700. The fourth-order valence-electron chi connectivity index (χ4n) is 1.77. The summed E-state index contributed by atoms with van der Waals surface area (Å²) in [5.74, 6) is -0.0724. The minimum Gasteiger partial charge on any atom is -0.468 e. The number of carbonyl (C=O) groups is 2. The average Bonchev–Trinajstić information content (AvgIpc) is 3.07.